The topological polar surface area (TPSA) is 96.6 Å². The van der Waals surface area contributed by atoms with Crippen molar-refractivity contribution >= 4 is 10.9 Å². The molecule has 0 saturated heterocycles. The maximum absolute atomic E-state index is 11.4. The molecule has 7 heteroatoms. The Morgan fingerprint density at radius 2 is 1.72 bits per heavy atom. The molecule has 166 valence electrons. The summed E-state index contributed by atoms with van der Waals surface area (Å²) < 4.78 is 16.5. The molecule has 0 aliphatic carbocycles. The van der Waals surface area contributed by atoms with Gasteiger partial charge in [0, 0.05) is 41.3 Å². The molecule has 32 heavy (non-hydrogen) atoms. The average Bonchev–Trinajstić information content (AvgIpc) is 3.26. The van der Waals surface area contributed by atoms with Crippen LogP contribution in [0.5, 0.6) is 17.2 Å². The predicted octanol–water partition coefficient (Wildman–Crippen LogP) is 3.97. The maximum Gasteiger partial charge on any atom is 0.248 e. The second-order valence-electron chi connectivity index (χ2n) is 7.54. The van der Waals surface area contributed by atoms with Crippen molar-refractivity contribution < 1.29 is 19.3 Å². The molecule has 0 saturated carbocycles. The number of fused-ring (bicyclic) bond motifs is 1. The highest BCUT2D eigenvalue weighted by molar-refractivity contribution is 5.79. The van der Waals surface area contributed by atoms with E-state index in [-0.39, 0.29) is 5.56 Å². The minimum absolute atomic E-state index is 0.136. The van der Waals surface area contributed by atoms with Crippen molar-refractivity contribution in [2.45, 2.75) is 18.9 Å². The number of benzene rings is 2. The van der Waals surface area contributed by atoms with Gasteiger partial charge in [-0.15, -0.1) is 0 Å². The lowest BCUT2D eigenvalue weighted by molar-refractivity contribution is 0.136. The number of nitrogens with one attached hydrogen (secondary N) is 2. The maximum atomic E-state index is 11.4. The van der Waals surface area contributed by atoms with Gasteiger partial charge in [-0.2, -0.15) is 0 Å². The van der Waals surface area contributed by atoms with Gasteiger partial charge in [0.15, 0.2) is 0 Å². The highest BCUT2D eigenvalue weighted by Crippen LogP contribution is 2.27. The lowest BCUT2D eigenvalue weighted by atomic mass is 10.0. The first-order chi connectivity index (χ1) is 15.6. The Morgan fingerprint density at radius 1 is 0.938 bits per heavy atom. The number of rotatable bonds is 9. The number of H-pyrrole nitrogens is 2. The van der Waals surface area contributed by atoms with E-state index in [0.29, 0.717) is 25.2 Å². The molecule has 3 N–H and O–H groups in total. The SMILES string of the molecule is COc1cc(Cc2cc[nH]c2C(O)CCOc2ccc3[nH]c(=O)ccc3c2)cc(OC)c1. The summed E-state index contributed by atoms with van der Waals surface area (Å²) in [5, 5.41) is 11.6. The molecular formula is C25H26N2O5. The van der Waals surface area contributed by atoms with E-state index >= 15 is 0 Å². The molecule has 0 spiro atoms. The molecule has 1 atom stereocenters. The molecule has 0 bridgehead atoms. The van der Waals surface area contributed by atoms with E-state index in [1.807, 2.05) is 42.6 Å². The Hall–Kier alpha value is -3.71. The molecule has 1 unspecified atom stereocenters. The summed E-state index contributed by atoms with van der Waals surface area (Å²) in [6.45, 7) is 0.349. The Labute approximate surface area is 185 Å². The zero-order valence-corrected chi connectivity index (χ0v) is 18.1. The second-order valence-corrected chi connectivity index (χ2v) is 7.54. The van der Waals surface area contributed by atoms with Crippen LogP contribution in [0.1, 0.15) is 29.3 Å². The van der Waals surface area contributed by atoms with Gasteiger partial charge in [0.1, 0.15) is 17.2 Å². The number of ether oxygens (including phenoxy) is 3. The molecule has 0 amide bonds. The van der Waals surface area contributed by atoms with Gasteiger partial charge in [-0.1, -0.05) is 0 Å². The van der Waals surface area contributed by atoms with Gasteiger partial charge in [0.2, 0.25) is 5.56 Å². The van der Waals surface area contributed by atoms with Crippen molar-refractivity contribution in [3.63, 3.8) is 0 Å². The van der Waals surface area contributed by atoms with Gasteiger partial charge in [-0.3, -0.25) is 4.79 Å². The van der Waals surface area contributed by atoms with Crippen LogP contribution in [0, 0.1) is 0 Å². The van der Waals surface area contributed by atoms with Crippen LogP contribution in [0.3, 0.4) is 0 Å². The molecule has 2 aromatic carbocycles. The standard InChI is InChI=1S/C25H26N2O5/c1-30-20-12-16(13-21(15-20)31-2)11-18-7-9-26-25(18)23(28)8-10-32-19-4-5-22-17(14-19)3-6-24(29)27-22/h3-7,9,12-15,23,26,28H,8,10-11H2,1-2H3,(H,27,29). The number of pyridine rings is 1. The fraction of sp³-hybridized carbons (Fsp3) is 0.240. The van der Waals surface area contributed by atoms with E-state index in [1.165, 1.54) is 6.07 Å². The first-order valence-corrected chi connectivity index (χ1v) is 10.4. The largest absolute Gasteiger partial charge is 0.497 e. The number of hydrogen-bond acceptors (Lipinski definition) is 5. The minimum Gasteiger partial charge on any atom is -0.497 e. The average molecular weight is 434 g/mol. The van der Waals surface area contributed by atoms with Gasteiger partial charge in [-0.05, 0) is 60.0 Å². The number of aliphatic hydroxyl groups is 1. The third kappa shape index (κ3) is 4.95. The third-order valence-electron chi connectivity index (χ3n) is 5.36. The van der Waals surface area contributed by atoms with Gasteiger partial charge in [0.25, 0.3) is 0 Å². The van der Waals surface area contributed by atoms with Crippen molar-refractivity contribution in [2.24, 2.45) is 0 Å². The normalized spacial score (nSPS) is 12.0. The number of hydrogen-bond donors (Lipinski definition) is 3. The molecule has 2 aromatic heterocycles. The van der Waals surface area contributed by atoms with Gasteiger partial charge >= 0.3 is 0 Å². The van der Waals surface area contributed by atoms with E-state index in [9.17, 15) is 9.90 Å². The van der Waals surface area contributed by atoms with Crippen LogP contribution in [0.25, 0.3) is 10.9 Å². The van der Waals surface area contributed by atoms with Crippen molar-refractivity contribution in [3.8, 4) is 17.2 Å². The summed E-state index contributed by atoms with van der Waals surface area (Å²) in [4.78, 5) is 17.3. The Bertz CT molecular complexity index is 1240. The lowest BCUT2D eigenvalue weighted by Crippen LogP contribution is -2.08. The summed E-state index contributed by atoms with van der Waals surface area (Å²) in [5.41, 5.74) is 3.42. The van der Waals surface area contributed by atoms with Crippen molar-refractivity contribution in [1.82, 2.24) is 9.97 Å². The smallest absolute Gasteiger partial charge is 0.248 e. The Balaban J connectivity index is 1.40. The predicted molar refractivity (Wildman–Crippen MR) is 123 cm³/mol. The monoisotopic (exact) mass is 434 g/mol. The lowest BCUT2D eigenvalue weighted by Gasteiger charge is -2.14. The Kier molecular flexibility index (Phi) is 6.47. The quantitative estimate of drug-likeness (QED) is 0.370. The molecule has 0 aliphatic heterocycles. The van der Waals surface area contributed by atoms with Gasteiger partial charge in [0.05, 0.1) is 26.9 Å². The minimum atomic E-state index is -0.690. The van der Waals surface area contributed by atoms with E-state index in [1.54, 1.807) is 26.4 Å². The number of methoxy groups -OCH3 is 2. The highest BCUT2D eigenvalue weighted by Gasteiger charge is 2.15. The fourth-order valence-corrected chi connectivity index (χ4v) is 3.72. The molecule has 4 aromatic rings. The van der Waals surface area contributed by atoms with Crippen LogP contribution in [0.15, 0.2) is 65.6 Å². The van der Waals surface area contributed by atoms with Crippen LogP contribution in [-0.4, -0.2) is 35.9 Å². The Morgan fingerprint density at radius 3 is 2.47 bits per heavy atom. The second kappa shape index (κ2) is 9.62. The summed E-state index contributed by atoms with van der Waals surface area (Å²) in [7, 11) is 3.25. The number of aliphatic hydroxyl groups excluding tert-OH is 1. The highest BCUT2D eigenvalue weighted by atomic mass is 16.5. The van der Waals surface area contributed by atoms with Crippen molar-refractivity contribution in [3.05, 3.63) is 88.0 Å². The van der Waals surface area contributed by atoms with Crippen LogP contribution < -0.4 is 19.8 Å². The van der Waals surface area contributed by atoms with Crippen LogP contribution >= 0.6 is 0 Å². The zero-order chi connectivity index (χ0) is 22.5. The first kappa shape index (κ1) is 21.5. The van der Waals surface area contributed by atoms with Crippen LogP contribution in [0.2, 0.25) is 0 Å². The number of aromatic nitrogens is 2. The molecule has 2 heterocycles. The molecule has 0 fully saturated rings. The summed E-state index contributed by atoms with van der Waals surface area (Å²) in [6, 6.07) is 16.5. The molecule has 7 nitrogen and oxygen atoms in total. The van der Waals surface area contributed by atoms with Gasteiger partial charge in [-0.25, -0.2) is 0 Å². The molecule has 4 rings (SSSR count). The van der Waals surface area contributed by atoms with E-state index in [2.05, 4.69) is 9.97 Å². The molecular weight excluding hydrogens is 408 g/mol. The zero-order valence-electron chi connectivity index (χ0n) is 18.1. The van der Waals surface area contributed by atoms with E-state index in [0.717, 1.165) is 39.2 Å². The molecule has 0 radical (unpaired) electrons. The number of aromatic amines is 2. The van der Waals surface area contributed by atoms with Crippen LogP contribution in [0.4, 0.5) is 0 Å². The van der Waals surface area contributed by atoms with Crippen LogP contribution in [-0.2, 0) is 6.42 Å². The third-order valence-corrected chi connectivity index (χ3v) is 5.36. The van der Waals surface area contributed by atoms with Gasteiger partial charge < -0.3 is 29.3 Å². The van der Waals surface area contributed by atoms with Crippen molar-refractivity contribution in [1.29, 1.82) is 0 Å². The van der Waals surface area contributed by atoms with E-state index in [4.69, 9.17) is 14.2 Å². The van der Waals surface area contributed by atoms with E-state index < -0.39 is 6.10 Å². The summed E-state index contributed by atoms with van der Waals surface area (Å²) in [5.74, 6) is 2.14. The van der Waals surface area contributed by atoms with Crippen molar-refractivity contribution in [2.75, 3.05) is 20.8 Å². The summed E-state index contributed by atoms with van der Waals surface area (Å²) >= 11 is 0. The summed E-state index contributed by atoms with van der Waals surface area (Å²) in [6.07, 6.45) is 2.20. The first-order valence-electron chi connectivity index (χ1n) is 10.4. The fourth-order valence-electron chi connectivity index (χ4n) is 3.72. The molecule has 0 aliphatic rings.